The molecule has 3 aromatic rings. The van der Waals surface area contributed by atoms with Crippen LogP contribution in [0.25, 0.3) is 21.6 Å². The van der Waals surface area contributed by atoms with Gasteiger partial charge in [0.15, 0.2) is 5.65 Å². The van der Waals surface area contributed by atoms with E-state index in [0.29, 0.717) is 5.92 Å². The summed E-state index contributed by atoms with van der Waals surface area (Å²) in [6.07, 6.45) is 2.15. The minimum Gasteiger partial charge on any atom is -0.339 e. The van der Waals surface area contributed by atoms with Crippen LogP contribution >= 0.6 is 11.3 Å². The van der Waals surface area contributed by atoms with Crippen LogP contribution in [-0.4, -0.2) is 38.7 Å². The van der Waals surface area contributed by atoms with Crippen LogP contribution in [-0.2, 0) is 7.05 Å². The topological polar surface area (TPSA) is 51.0 Å². The van der Waals surface area contributed by atoms with E-state index in [1.165, 1.54) is 0 Å². The number of hydrogen-bond donors (Lipinski definition) is 0. The number of piperidine rings is 1. The molecule has 0 atom stereocenters. The maximum atomic E-state index is 13.3. The van der Waals surface area contributed by atoms with Gasteiger partial charge in [-0.1, -0.05) is 13.0 Å². The van der Waals surface area contributed by atoms with Gasteiger partial charge in [0.05, 0.1) is 27.2 Å². The Labute approximate surface area is 151 Å². The van der Waals surface area contributed by atoms with Crippen molar-refractivity contribution in [3.63, 3.8) is 0 Å². The first-order valence-electron chi connectivity index (χ1n) is 8.72. The van der Waals surface area contributed by atoms with Crippen molar-refractivity contribution in [2.75, 3.05) is 13.1 Å². The molecule has 25 heavy (non-hydrogen) atoms. The van der Waals surface area contributed by atoms with Gasteiger partial charge in [-0.2, -0.15) is 5.10 Å². The van der Waals surface area contributed by atoms with E-state index in [4.69, 9.17) is 4.98 Å². The fourth-order valence-corrected chi connectivity index (χ4v) is 4.23. The van der Waals surface area contributed by atoms with Crippen LogP contribution in [0.5, 0.6) is 0 Å². The zero-order chi connectivity index (χ0) is 17.6. The molecule has 0 bridgehead atoms. The van der Waals surface area contributed by atoms with Crippen molar-refractivity contribution in [2.24, 2.45) is 13.0 Å². The normalized spacial score (nSPS) is 15.9. The summed E-state index contributed by atoms with van der Waals surface area (Å²) in [4.78, 5) is 21.1. The fraction of sp³-hybridized carbons (Fsp3) is 0.421. The van der Waals surface area contributed by atoms with E-state index >= 15 is 0 Å². The molecule has 130 valence electrons. The summed E-state index contributed by atoms with van der Waals surface area (Å²) in [5.41, 5.74) is 3.21. The lowest BCUT2D eigenvalue weighted by atomic mass is 9.98. The van der Waals surface area contributed by atoms with Crippen molar-refractivity contribution in [1.29, 1.82) is 0 Å². The molecule has 6 heteroatoms. The molecular weight excluding hydrogens is 332 g/mol. The van der Waals surface area contributed by atoms with Crippen molar-refractivity contribution in [3.8, 4) is 10.6 Å². The van der Waals surface area contributed by atoms with Crippen LogP contribution in [0.4, 0.5) is 0 Å². The summed E-state index contributed by atoms with van der Waals surface area (Å²) < 4.78 is 1.77. The van der Waals surface area contributed by atoms with Gasteiger partial charge < -0.3 is 4.90 Å². The first-order valence-corrected chi connectivity index (χ1v) is 9.60. The quantitative estimate of drug-likeness (QED) is 0.702. The number of amides is 1. The monoisotopic (exact) mass is 354 g/mol. The second-order valence-electron chi connectivity index (χ2n) is 6.91. The number of hydrogen-bond acceptors (Lipinski definition) is 4. The summed E-state index contributed by atoms with van der Waals surface area (Å²) >= 11 is 1.64. The molecule has 0 radical (unpaired) electrons. The highest BCUT2D eigenvalue weighted by molar-refractivity contribution is 7.13. The molecule has 1 aliphatic rings. The minimum atomic E-state index is 0.105. The fourth-order valence-electron chi connectivity index (χ4n) is 3.55. The van der Waals surface area contributed by atoms with Crippen molar-refractivity contribution < 1.29 is 4.79 Å². The van der Waals surface area contributed by atoms with Gasteiger partial charge in [-0.15, -0.1) is 11.3 Å². The van der Waals surface area contributed by atoms with Gasteiger partial charge in [0.1, 0.15) is 0 Å². The Hall–Kier alpha value is -2.21. The predicted molar refractivity (Wildman–Crippen MR) is 101 cm³/mol. The Morgan fingerprint density at radius 1 is 1.32 bits per heavy atom. The highest BCUT2D eigenvalue weighted by Crippen LogP contribution is 2.30. The van der Waals surface area contributed by atoms with E-state index in [1.54, 1.807) is 16.0 Å². The molecule has 1 fully saturated rings. The number of likely N-dealkylation sites (tertiary alicyclic amines) is 1. The average molecular weight is 354 g/mol. The maximum absolute atomic E-state index is 13.3. The van der Waals surface area contributed by atoms with Crippen molar-refractivity contribution in [1.82, 2.24) is 19.7 Å². The van der Waals surface area contributed by atoms with Gasteiger partial charge in [-0.3, -0.25) is 9.48 Å². The Balaban J connectivity index is 1.85. The number of aryl methyl sites for hydroxylation is 2. The summed E-state index contributed by atoms with van der Waals surface area (Å²) in [5.74, 6) is 0.802. The largest absolute Gasteiger partial charge is 0.339 e. The molecule has 1 amide bonds. The maximum Gasteiger partial charge on any atom is 0.254 e. The third-order valence-electron chi connectivity index (χ3n) is 5.04. The van der Waals surface area contributed by atoms with Crippen molar-refractivity contribution in [2.45, 2.75) is 26.7 Å². The number of rotatable bonds is 2. The van der Waals surface area contributed by atoms with Crippen molar-refractivity contribution >= 4 is 28.3 Å². The molecule has 0 spiro atoms. The highest BCUT2D eigenvalue weighted by atomic mass is 32.1. The highest BCUT2D eigenvalue weighted by Gasteiger charge is 2.26. The first-order chi connectivity index (χ1) is 12.0. The average Bonchev–Trinajstić information content (AvgIpc) is 3.23. The van der Waals surface area contributed by atoms with Gasteiger partial charge >= 0.3 is 0 Å². The lowest BCUT2D eigenvalue weighted by Gasteiger charge is -2.30. The lowest BCUT2D eigenvalue weighted by Crippen LogP contribution is -2.38. The van der Waals surface area contributed by atoms with Crippen LogP contribution in [0.3, 0.4) is 0 Å². The number of thiophene rings is 1. The Morgan fingerprint density at radius 3 is 2.76 bits per heavy atom. The molecule has 0 unspecified atom stereocenters. The molecule has 4 rings (SSSR count). The summed E-state index contributed by atoms with van der Waals surface area (Å²) in [5, 5.41) is 7.41. The zero-order valence-corrected chi connectivity index (χ0v) is 15.6. The van der Waals surface area contributed by atoms with E-state index in [0.717, 1.165) is 58.8 Å². The Bertz CT molecular complexity index is 921. The van der Waals surface area contributed by atoms with Gasteiger partial charge in [0.2, 0.25) is 0 Å². The van der Waals surface area contributed by atoms with E-state index in [2.05, 4.69) is 12.0 Å². The number of nitrogens with zero attached hydrogens (tertiary/aromatic N) is 4. The van der Waals surface area contributed by atoms with Crippen molar-refractivity contribution in [3.05, 3.63) is 34.8 Å². The molecule has 4 heterocycles. The third-order valence-corrected chi connectivity index (χ3v) is 5.94. The molecule has 3 aromatic heterocycles. The smallest absolute Gasteiger partial charge is 0.254 e. The zero-order valence-electron chi connectivity index (χ0n) is 14.8. The molecule has 5 nitrogen and oxygen atoms in total. The molecule has 0 saturated carbocycles. The van der Waals surface area contributed by atoms with Gasteiger partial charge in [-0.25, -0.2) is 4.98 Å². The van der Waals surface area contributed by atoms with Gasteiger partial charge in [0.25, 0.3) is 5.91 Å². The van der Waals surface area contributed by atoms with E-state index in [9.17, 15) is 4.79 Å². The SMILES string of the molecule is Cc1nn(C)c2nc(-c3cccs3)cc(C(=O)N3CCC(C)CC3)c12. The standard InChI is InChI=1S/C19H22N4OS/c1-12-6-8-23(9-7-12)19(24)14-11-15(16-5-4-10-25-16)20-18-17(14)13(2)21-22(18)3/h4-5,10-12H,6-9H2,1-3H3. The second kappa shape index (κ2) is 6.26. The lowest BCUT2D eigenvalue weighted by molar-refractivity contribution is 0.0699. The third kappa shape index (κ3) is 2.84. The molecule has 0 N–H and O–H groups in total. The van der Waals surface area contributed by atoms with Gasteiger partial charge in [-0.05, 0) is 43.2 Å². The number of aromatic nitrogens is 3. The number of carbonyl (C=O) groups excluding carboxylic acids is 1. The summed E-state index contributed by atoms with van der Waals surface area (Å²) in [6.45, 7) is 5.87. The Morgan fingerprint density at radius 2 is 2.08 bits per heavy atom. The minimum absolute atomic E-state index is 0.105. The number of pyridine rings is 1. The van der Waals surface area contributed by atoms with Crippen LogP contribution in [0.15, 0.2) is 23.6 Å². The second-order valence-corrected chi connectivity index (χ2v) is 7.86. The van der Waals surface area contributed by atoms with Crippen LogP contribution in [0.2, 0.25) is 0 Å². The first kappa shape index (κ1) is 16.3. The molecule has 1 aliphatic heterocycles. The van der Waals surface area contributed by atoms with Crippen LogP contribution in [0, 0.1) is 12.8 Å². The number of carbonyl (C=O) groups is 1. The Kier molecular flexibility index (Phi) is 4.07. The molecule has 1 saturated heterocycles. The predicted octanol–water partition coefficient (Wildman–Crippen LogP) is 3.88. The van der Waals surface area contributed by atoms with E-state index in [1.807, 2.05) is 42.5 Å². The number of fused-ring (bicyclic) bond motifs is 1. The van der Waals surface area contributed by atoms with Gasteiger partial charge in [0, 0.05) is 20.1 Å². The van der Waals surface area contributed by atoms with E-state index < -0.39 is 0 Å². The summed E-state index contributed by atoms with van der Waals surface area (Å²) in [7, 11) is 1.89. The molecular formula is C19H22N4OS. The summed E-state index contributed by atoms with van der Waals surface area (Å²) in [6, 6.07) is 6.00. The molecule has 0 aliphatic carbocycles. The molecule has 0 aromatic carbocycles. The van der Waals surface area contributed by atoms with Crippen LogP contribution in [0.1, 0.15) is 35.8 Å². The van der Waals surface area contributed by atoms with Crippen LogP contribution < -0.4 is 0 Å². The van der Waals surface area contributed by atoms with E-state index in [-0.39, 0.29) is 5.91 Å².